The third-order valence-corrected chi connectivity index (χ3v) is 5.34. The summed E-state index contributed by atoms with van der Waals surface area (Å²) in [5, 5.41) is 5.85. The lowest BCUT2D eigenvalue weighted by Gasteiger charge is -2.14. The largest absolute Gasteiger partial charge is 0.457 e. The number of hydrogen-bond acceptors (Lipinski definition) is 3. The molecule has 1 aliphatic heterocycles. The van der Waals surface area contributed by atoms with Crippen LogP contribution in [0.25, 0.3) is 17.4 Å². The number of benzene rings is 2. The van der Waals surface area contributed by atoms with Gasteiger partial charge in [-0.2, -0.15) is 23.3 Å². The number of hydrogen-bond donors (Lipinski definition) is 0. The highest BCUT2D eigenvalue weighted by atomic mass is 35.5. The van der Waals surface area contributed by atoms with E-state index in [9.17, 15) is 18.0 Å². The fourth-order valence-corrected chi connectivity index (χ4v) is 3.35. The van der Waals surface area contributed by atoms with E-state index < -0.39 is 17.6 Å². The first kappa shape index (κ1) is 21.2. The summed E-state index contributed by atoms with van der Waals surface area (Å²) in [6, 6.07) is 12.9. The molecule has 0 atom stereocenters. The van der Waals surface area contributed by atoms with E-state index in [4.69, 9.17) is 27.6 Å². The maximum Gasteiger partial charge on any atom is 0.416 e. The van der Waals surface area contributed by atoms with E-state index in [1.54, 1.807) is 37.3 Å². The molecule has 0 N–H and O–H groups in total. The molecule has 1 aliphatic rings. The second-order valence-electron chi connectivity index (χ2n) is 6.74. The van der Waals surface area contributed by atoms with Gasteiger partial charge in [-0.25, -0.2) is 0 Å². The Balaban J connectivity index is 1.62. The van der Waals surface area contributed by atoms with Gasteiger partial charge in [0, 0.05) is 5.56 Å². The van der Waals surface area contributed by atoms with Gasteiger partial charge in [-0.1, -0.05) is 29.3 Å². The van der Waals surface area contributed by atoms with Crippen LogP contribution < -0.4 is 5.01 Å². The van der Waals surface area contributed by atoms with Crippen LogP contribution in [0, 0.1) is 0 Å². The van der Waals surface area contributed by atoms with Crippen LogP contribution in [0.1, 0.15) is 18.2 Å². The quantitative estimate of drug-likeness (QED) is 0.388. The van der Waals surface area contributed by atoms with Gasteiger partial charge in [-0.15, -0.1) is 0 Å². The molecule has 31 heavy (non-hydrogen) atoms. The fourth-order valence-electron chi connectivity index (χ4n) is 3.05. The Kier molecular flexibility index (Phi) is 5.41. The highest BCUT2D eigenvalue weighted by Gasteiger charge is 2.33. The molecule has 158 valence electrons. The van der Waals surface area contributed by atoms with E-state index in [1.807, 2.05) is 0 Å². The maximum atomic E-state index is 13.0. The first-order chi connectivity index (χ1) is 14.6. The number of alkyl halides is 3. The minimum absolute atomic E-state index is 0.0264. The number of rotatable bonds is 3. The van der Waals surface area contributed by atoms with Gasteiger partial charge in [0.15, 0.2) is 0 Å². The van der Waals surface area contributed by atoms with Crippen molar-refractivity contribution >= 4 is 46.6 Å². The summed E-state index contributed by atoms with van der Waals surface area (Å²) in [4.78, 5) is 12.8. The summed E-state index contributed by atoms with van der Waals surface area (Å²) < 4.78 is 44.8. The molecule has 9 heteroatoms. The Hall–Kier alpha value is -3.03. The Morgan fingerprint density at radius 2 is 1.81 bits per heavy atom. The number of halogens is 5. The smallest absolute Gasteiger partial charge is 0.416 e. The zero-order chi connectivity index (χ0) is 22.3. The van der Waals surface area contributed by atoms with Crippen LogP contribution in [0.3, 0.4) is 0 Å². The predicted molar refractivity (Wildman–Crippen MR) is 114 cm³/mol. The molecule has 0 unspecified atom stereocenters. The van der Waals surface area contributed by atoms with Gasteiger partial charge in [-0.3, -0.25) is 4.79 Å². The number of carbonyl (C=O) groups is 1. The van der Waals surface area contributed by atoms with E-state index in [2.05, 4.69) is 5.10 Å². The molecule has 0 saturated carbocycles. The van der Waals surface area contributed by atoms with Crippen molar-refractivity contribution in [1.29, 1.82) is 0 Å². The van der Waals surface area contributed by atoms with Gasteiger partial charge in [0.25, 0.3) is 5.91 Å². The van der Waals surface area contributed by atoms with Gasteiger partial charge in [0.1, 0.15) is 11.5 Å². The van der Waals surface area contributed by atoms with Crippen molar-refractivity contribution < 1.29 is 22.4 Å². The highest BCUT2D eigenvalue weighted by Crippen LogP contribution is 2.34. The van der Waals surface area contributed by atoms with E-state index >= 15 is 0 Å². The minimum Gasteiger partial charge on any atom is -0.457 e. The summed E-state index contributed by atoms with van der Waals surface area (Å²) in [7, 11) is 0. The lowest BCUT2D eigenvalue weighted by molar-refractivity contribution is -0.137. The SMILES string of the molecule is CC1=NN(c2cccc(C(F)(F)F)c2)C(=O)C1=Cc1ccc(-c2ccc(Cl)c(Cl)c2)o1. The Morgan fingerprint density at radius 3 is 2.52 bits per heavy atom. The highest BCUT2D eigenvalue weighted by molar-refractivity contribution is 6.42. The van der Waals surface area contributed by atoms with Crippen molar-refractivity contribution in [1.82, 2.24) is 0 Å². The molecule has 2 aromatic carbocycles. The maximum absolute atomic E-state index is 13.0. The van der Waals surface area contributed by atoms with Crippen molar-refractivity contribution in [3.8, 4) is 11.3 Å². The fraction of sp³-hybridized carbons (Fsp3) is 0.0909. The standard InChI is InChI=1S/C22H13Cl2F3N2O2/c1-12-17(11-16-6-8-20(31-16)13-5-7-18(23)19(24)9-13)21(30)29(28-12)15-4-2-3-14(10-15)22(25,26)27/h2-11H,1H3. The second-order valence-corrected chi connectivity index (χ2v) is 7.55. The molecule has 0 saturated heterocycles. The van der Waals surface area contributed by atoms with Crippen LogP contribution in [0.15, 0.2) is 69.7 Å². The molecule has 3 aromatic rings. The van der Waals surface area contributed by atoms with E-state index in [-0.39, 0.29) is 11.3 Å². The third-order valence-electron chi connectivity index (χ3n) is 4.60. The summed E-state index contributed by atoms with van der Waals surface area (Å²) >= 11 is 12.0. The molecular formula is C22H13Cl2F3N2O2. The van der Waals surface area contributed by atoms with Crippen LogP contribution in [0.2, 0.25) is 10.0 Å². The van der Waals surface area contributed by atoms with E-state index in [1.165, 1.54) is 18.2 Å². The summed E-state index contributed by atoms with van der Waals surface area (Å²) in [5.41, 5.74) is 0.439. The van der Waals surface area contributed by atoms with Crippen molar-refractivity contribution in [2.24, 2.45) is 5.10 Å². The Bertz CT molecular complexity index is 1250. The molecule has 0 aliphatic carbocycles. The average molecular weight is 465 g/mol. The Labute approximate surface area is 185 Å². The molecule has 2 heterocycles. The van der Waals surface area contributed by atoms with E-state index in [0.29, 0.717) is 32.8 Å². The number of nitrogens with zero attached hydrogens (tertiary/aromatic N) is 2. The zero-order valence-corrected chi connectivity index (χ0v) is 17.4. The van der Waals surface area contributed by atoms with Crippen LogP contribution in [-0.2, 0) is 11.0 Å². The van der Waals surface area contributed by atoms with Gasteiger partial charge >= 0.3 is 6.18 Å². The van der Waals surface area contributed by atoms with Crippen LogP contribution >= 0.6 is 23.2 Å². The summed E-state index contributed by atoms with van der Waals surface area (Å²) in [5.74, 6) is 0.342. The molecule has 0 spiro atoms. The third kappa shape index (κ3) is 4.24. The number of furan rings is 1. The zero-order valence-electron chi connectivity index (χ0n) is 15.9. The monoisotopic (exact) mass is 464 g/mol. The molecule has 4 nitrogen and oxygen atoms in total. The molecule has 0 fully saturated rings. The lowest BCUT2D eigenvalue weighted by atomic mass is 10.1. The molecule has 1 aromatic heterocycles. The van der Waals surface area contributed by atoms with Crippen molar-refractivity contribution in [3.05, 3.63) is 81.5 Å². The molecule has 1 amide bonds. The topological polar surface area (TPSA) is 45.8 Å². The van der Waals surface area contributed by atoms with Gasteiger partial charge < -0.3 is 4.42 Å². The lowest BCUT2D eigenvalue weighted by Crippen LogP contribution is -2.21. The first-order valence-corrected chi connectivity index (χ1v) is 9.73. The summed E-state index contributed by atoms with van der Waals surface area (Å²) in [6.45, 7) is 1.60. The second kappa shape index (κ2) is 7.90. The van der Waals surface area contributed by atoms with Crippen LogP contribution in [0.5, 0.6) is 0 Å². The number of hydrazone groups is 1. The van der Waals surface area contributed by atoms with Crippen LogP contribution in [0.4, 0.5) is 18.9 Å². The van der Waals surface area contributed by atoms with Crippen molar-refractivity contribution in [2.45, 2.75) is 13.1 Å². The minimum atomic E-state index is -4.52. The average Bonchev–Trinajstić information content (AvgIpc) is 3.30. The van der Waals surface area contributed by atoms with Crippen molar-refractivity contribution in [3.63, 3.8) is 0 Å². The molecular weight excluding hydrogens is 452 g/mol. The molecule has 0 bridgehead atoms. The molecule has 0 radical (unpaired) electrons. The van der Waals surface area contributed by atoms with Crippen molar-refractivity contribution in [2.75, 3.05) is 5.01 Å². The van der Waals surface area contributed by atoms with Crippen LogP contribution in [-0.4, -0.2) is 11.6 Å². The Morgan fingerprint density at radius 1 is 1.03 bits per heavy atom. The van der Waals surface area contributed by atoms with Gasteiger partial charge in [-0.05, 0) is 61.5 Å². The predicted octanol–water partition coefficient (Wildman–Crippen LogP) is 7.08. The number of carbonyl (C=O) groups excluding carboxylic acids is 1. The first-order valence-electron chi connectivity index (χ1n) is 8.98. The van der Waals surface area contributed by atoms with Gasteiger partial charge in [0.2, 0.25) is 0 Å². The molecule has 4 rings (SSSR count). The summed E-state index contributed by atoms with van der Waals surface area (Å²) in [6.07, 6.45) is -3.03. The number of anilines is 1. The van der Waals surface area contributed by atoms with E-state index in [0.717, 1.165) is 17.1 Å². The van der Waals surface area contributed by atoms with Gasteiger partial charge in [0.05, 0.1) is 32.6 Å². The number of amides is 1. The normalized spacial score (nSPS) is 15.7.